The molecule has 0 unspecified atom stereocenters. The first-order chi connectivity index (χ1) is 16.1. The van der Waals surface area contributed by atoms with Crippen molar-refractivity contribution in [3.63, 3.8) is 0 Å². The number of methoxy groups -OCH3 is 1. The van der Waals surface area contributed by atoms with E-state index in [1.807, 2.05) is 66.9 Å². The van der Waals surface area contributed by atoms with Crippen LogP contribution in [-0.2, 0) is 5.54 Å². The lowest BCUT2D eigenvalue weighted by Crippen LogP contribution is -2.39. The Hall–Kier alpha value is -3.47. The molecule has 5 aromatic rings. The molecule has 5 rings (SSSR count). The average Bonchev–Trinajstić information content (AvgIpc) is 2.88. The fraction of sp³-hybridized carbons (Fsp3) is 0.0690. The highest BCUT2D eigenvalue weighted by Crippen LogP contribution is 2.42. The molecular formula is C29H23BrN2O. The lowest BCUT2D eigenvalue weighted by atomic mass is 9.75. The van der Waals surface area contributed by atoms with Crippen LogP contribution in [0.4, 0.5) is 0 Å². The Morgan fingerprint density at radius 3 is 2.03 bits per heavy atom. The molecule has 3 nitrogen and oxygen atoms in total. The summed E-state index contributed by atoms with van der Waals surface area (Å²) in [5.41, 5.74) is 11.4. The molecule has 0 atom stereocenters. The number of fused-ring (bicyclic) bond motifs is 1. The largest absolute Gasteiger partial charge is 0.496 e. The summed E-state index contributed by atoms with van der Waals surface area (Å²) in [6.07, 6.45) is 1.84. The van der Waals surface area contributed by atoms with E-state index in [0.29, 0.717) is 0 Å². The minimum atomic E-state index is -0.859. The average molecular weight is 495 g/mol. The maximum absolute atomic E-state index is 7.36. The van der Waals surface area contributed by atoms with Gasteiger partial charge in [-0.25, -0.2) is 0 Å². The number of nitrogens with zero attached hydrogens (tertiary/aromatic N) is 1. The van der Waals surface area contributed by atoms with Gasteiger partial charge >= 0.3 is 0 Å². The molecule has 0 saturated carbocycles. The summed E-state index contributed by atoms with van der Waals surface area (Å²) >= 11 is 3.60. The second-order valence-corrected chi connectivity index (χ2v) is 8.81. The van der Waals surface area contributed by atoms with E-state index in [-0.39, 0.29) is 0 Å². The Labute approximate surface area is 202 Å². The van der Waals surface area contributed by atoms with Crippen LogP contribution in [0.3, 0.4) is 0 Å². The van der Waals surface area contributed by atoms with Gasteiger partial charge in [-0.1, -0.05) is 84.9 Å². The van der Waals surface area contributed by atoms with Crippen LogP contribution >= 0.6 is 15.9 Å². The van der Waals surface area contributed by atoms with Crippen LogP contribution < -0.4 is 10.5 Å². The second kappa shape index (κ2) is 8.81. The highest BCUT2D eigenvalue weighted by atomic mass is 79.9. The Morgan fingerprint density at radius 2 is 1.39 bits per heavy atom. The third-order valence-electron chi connectivity index (χ3n) is 6.10. The first-order valence-corrected chi connectivity index (χ1v) is 11.5. The molecule has 0 aliphatic carbocycles. The van der Waals surface area contributed by atoms with Gasteiger partial charge in [0.25, 0.3) is 0 Å². The molecule has 0 fully saturated rings. The summed E-state index contributed by atoms with van der Waals surface area (Å²) < 4.78 is 6.49. The summed E-state index contributed by atoms with van der Waals surface area (Å²) in [5, 5.41) is 2.08. The van der Waals surface area contributed by atoms with Gasteiger partial charge in [-0.3, -0.25) is 4.98 Å². The van der Waals surface area contributed by atoms with Gasteiger partial charge in [0.2, 0.25) is 0 Å². The summed E-state index contributed by atoms with van der Waals surface area (Å²) in [6, 6.07) is 34.8. The SMILES string of the molecule is COc1cc2c(-c3ccccc3C(N)(c3ccccc3)c3ccccc3)nccc2cc1Br. The smallest absolute Gasteiger partial charge is 0.133 e. The standard InChI is InChI=1S/C29H23BrN2O/c1-33-27-19-24-20(18-26(27)30)16-17-32-28(24)23-14-8-9-15-25(23)29(31,21-10-4-2-5-11-21)22-12-6-3-7-13-22/h2-19H,31H2,1H3. The van der Waals surface area contributed by atoms with Crippen molar-refractivity contribution in [2.75, 3.05) is 7.11 Å². The molecule has 0 aliphatic rings. The minimum Gasteiger partial charge on any atom is -0.496 e. The zero-order valence-electron chi connectivity index (χ0n) is 18.2. The van der Waals surface area contributed by atoms with Crippen LogP contribution in [0, 0.1) is 0 Å². The second-order valence-electron chi connectivity index (χ2n) is 7.95. The molecule has 0 saturated heterocycles. The molecular weight excluding hydrogens is 472 g/mol. The van der Waals surface area contributed by atoms with Crippen molar-refractivity contribution < 1.29 is 4.74 Å². The van der Waals surface area contributed by atoms with Crippen molar-refractivity contribution in [2.24, 2.45) is 5.73 Å². The predicted octanol–water partition coefficient (Wildman–Crippen LogP) is 6.92. The van der Waals surface area contributed by atoms with Crippen molar-refractivity contribution in [3.05, 3.63) is 130 Å². The van der Waals surface area contributed by atoms with Gasteiger partial charge in [0.05, 0.1) is 22.8 Å². The molecule has 4 aromatic carbocycles. The summed E-state index contributed by atoms with van der Waals surface area (Å²) in [4.78, 5) is 4.82. The van der Waals surface area contributed by atoms with E-state index in [1.54, 1.807) is 7.11 Å². The van der Waals surface area contributed by atoms with Gasteiger partial charge in [-0.05, 0) is 56.2 Å². The van der Waals surface area contributed by atoms with Gasteiger partial charge < -0.3 is 10.5 Å². The lowest BCUT2D eigenvalue weighted by Gasteiger charge is -2.33. The highest BCUT2D eigenvalue weighted by Gasteiger charge is 2.34. The number of benzene rings is 4. The van der Waals surface area contributed by atoms with Crippen LogP contribution in [0.5, 0.6) is 5.75 Å². The maximum Gasteiger partial charge on any atom is 0.133 e. The predicted molar refractivity (Wildman–Crippen MR) is 138 cm³/mol. The van der Waals surface area contributed by atoms with E-state index in [2.05, 4.69) is 58.4 Å². The third kappa shape index (κ3) is 3.71. The molecule has 1 aromatic heterocycles. The Kier molecular flexibility index (Phi) is 5.71. The maximum atomic E-state index is 7.36. The van der Waals surface area contributed by atoms with E-state index in [1.165, 1.54) is 0 Å². The molecule has 2 N–H and O–H groups in total. The molecule has 1 heterocycles. The number of rotatable bonds is 5. The van der Waals surface area contributed by atoms with Crippen molar-refractivity contribution in [2.45, 2.75) is 5.54 Å². The van der Waals surface area contributed by atoms with Crippen LogP contribution in [0.2, 0.25) is 0 Å². The van der Waals surface area contributed by atoms with E-state index in [0.717, 1.165) is 48.9 Å². The molecule has 0 aliphatic heterocycles. The van der Waals surface area contributed by atoms with Crippen molar-refractivity contribution in [3.8, 4) is 17.0 Å². The summed E-state index contributed by atoms with van der Waals surface area (Å²) in [6.45, 7) is 0. The number of aromatic nitrogens is 1. The van der Waals surface area contributed by atoms with Gasteiger partial charge in [-0.15, -0.1) is 0 Å². The highest BCUT2D eigenvalue weighted by molar-refractivity contribution is 9.10. The quantitative estimate of drug-likeness (QED) is 0.269. The van der Waals surface area contributed by atoms with Crippen molar-refractivity contribution in [1.29, 1.82) is 0 Å². The van der Waals surface area contributed by atoms with Crippen LogP contribution in [0.25, 0.3) is 22.0 Å². The van der Waals surface area contributed by atoms with Gasteiger partial charge in [0.1, 0.15) is 5.75 Å². The zero-order valence-corrected chi connectivity index (χ0v) is 19.8. The van der Waals surface area contributed by atoms with E-state index < -0.39 is 5.54 Å². The molecule has 162 valence electrons. The van der Waals surface area contributed by atoms with Gasteiger partial charge in [-0.2, -0.15) is 0 Å². The number of hydrogen-bond donors (Lipinski definition) is 1. The van der Waals surface area contributed by atoms with Crippen LogP contribution in [0.15, 0.2) is 114 Å². The zero-order chi connectivity index (χ0) is 22.8. The number of ether oxygens (including phenoxy) is 1. The first-order valence-electron chi connectivity index (χ1n) is 10.7. The molecule has 0 radical (unpaired) electrons. The third-order valence-corrected chi connectivity index (χ3v) is 6.72. The van der Waals surface area contributed by atoms with Crippen molar-refractivity contribution in [1.82, 2.24) is 4.98 Å². The van der Waals surface area contributed by atoms with E-state index in [4.69, 9.17) is 15.5 Å². The summed E-state index contributed by atoms with van der Waals surface area (Å²) in [7, 11) is 1.67. The Bertz CT molecular complexity index is 1380. The fourth-order valence-corrected chi connectivity index (χ4v) is 4.98. The number of halogens is 1. The molecule has 0 amide bonds. The fourth-order valence-electron chi connectivity index (χ4n) is 4.46. The molecule has 4 heteroatoms. The molecule has 33 heavy (non-hydrogen) atoms. The van der Waals surface area contributed by atoms with E-state index in [9.17, 15) is 0 Å². The van der Waals surface area contributed by atoms with E-state index >= 15 is 0 Å². The topological polar surface area (TPSA) is 48.1 Å². The van der Waals surface area contributed by atoms with Gasteiger partial charge in [0.15, 0.2) is 0 Å². The normalized spacial score (nSPS) is 11.5. The lowest BCUT2D eigenvalue weighted by molar-refractivity contribution is 0.413. The summed E-state index contributed by atoms with van der Waals surface area (Å²) in [5.74, 6) is 0.763. The number of pyridine rings is 1. The van der Waals surface area contributed by atoms with Crippen LogP contribution in [0.1, 0.15) is 16.7 Å². The molecule has 0 spiro atoms. The van der Waals surface area contributed by atoms with Crippen molar-refractivity contribution >= 4 is 26.7 Å². The van der Waals surface area contributed by atoms with Gasteiger partial charge in [0, 0.05) is 17.1 Å². The monoisotopic (exact) mass is 494 g/mol. The Morgan fingerprint density at radius 1 is 0.788 bits per heavy atom. The number of nitrogens with two attached hydrogens (primary N) is 1. The van der Waals surface area contributed by atoms with Crippen LogP contribution in [-0.4, -0.2) is 12.1 Å². The Balaban J connectivity index is 1.83. The first kappa shape index (κ1) is 21.4. The molecule has 0 bridgehead atoms. The number of hydrogen-bond acceptors (Lipinski definition) is 3. The minimum absolute atomic E-state index is 0.763.